The Morgan fingerprint density at radius 3 is 2.58 bits per heavy atom. The first-order chi connectivity index (χ1) is 8.90. The third-order valence-electron chi connectivity index (χ3n) is 2.49. The predicted molar refractivity (Wildman–Crippen MR) is 80.1 cm³/mol. The van der Waals surface area contributed by atoms with Gasteiger partial charge in [0.1, 0.15) is 0 Å². The molecule has 0 aliphatic heterocycles. The molecule has 0 radical (unpaired) electrons. The van der Waals surface area contributed by atoms with Gasteiger partial charge in [-0.1, -0.05) is 22.9 Å². The molecule has 0 fully saturated rings. The Balaban J connectivity index is 3.18. The number of amides is 1. The summed E-state index contributed by atoms with van der Waals surface area (Å²) in [5.74, 6) is -0.891. The Hall–Kier alpha value is -0.920. The van der Waals surface area contributed by atoms with Crippen molar-refractivity contribution in [1.82, 2.24) is 0 Å². The fourth-order valence-electron chi connectivity index (χ4n) is 1.37. The number of methoxy groups -OCH3 is 1. The van der Waals surface area contributed by atoms with Crippen LogP contribution < -0.4 is 11.1 Å². The normalized spacial score (nSPS) is 11.8. The first kappa shape index (κ1) is 16.1. The van der Waals surface area contributed by atoms with E-state index in [1.54, 1.807) is 12.1 Å². The monoisotopic (exact) mass is 392 g/mol. The molecule has 0 unspecified atom stereocenters. The molecule has 0 aromatic heterocycles. The molecule has 1 rings (SSSR count). The lowest BCUT2D eigenvalue weighted by Crippen LogP contribution is -2.35. The number of rotatable bonds is 4. The molecule has 1 amide bonds. The fraction of sp³-hybridized carbons (Fsp3) is 0.333. The van der Waals surface area contributed by atoms with Gasteiger partial charge in [-0.3, -0.25) is 4.79 Å². The van der Waals surface area contributed by atoms with Gasteiger partial charge in [0.25, 0.3) is 0 Å². The van der Waals surface area contributed by atoms with Crippen molar-refractivity contribution in [1.29, 1.82) is 0 Å². The van der Waals surface area contributed by atoms with Crippen LogP contribution in [-0.2, 0) is 9.53 Å². The number of carbonyl (C=O) groups excluding carboxylic acids is 2. The number of nitrogens with two attached hydrogens (primary N) is 1. The fourth-order valence-corrected chi connectivity index (χ4v) is 2.70. The van der Waals surface area contributed by atoms with Crippen molar-refractivity contribution in [2.75, 3.05) is 12.4 Å². The van der Waals surface area contributed by atoms with Crippen LogP contribution in [0.5, 0.6) is 0 Å². The summed E-state index contributed by atoms with van der Waals surface area (Å²) in [4.78, 5) is 23.5. The van der Waals surface area contributed by atoms with Crippen LogP contribution in [0.4, 0.5) is 5.69 Å². The Morgan fingerprint density at radius 2 is 2.05 bits per heavy atom. The third-order valence-corrected chi connectivity index (χ3v) is 3.57. The summed E-state index contributed by atoms with van der Waals surface area (Å²) in [6.07, 6.45) is 0.507. The van der Waals surface area contributed by atoms with Crippen molar-refractivity contribution in [3.63, 3.8) is 0 Å². The molecule has 0 saturated carbocycles. The Morgan fingerprint density at radius 1 is 1.42 bits per heavy atom. The van der Waals surface area contributed by atoms with Crippen molar-refractivity contribution in [2.24, 2.45) is 5.73 Å². The summed E-state index contributed by atoms with van der Waals surface area (Å²) in [6, 6.07) is 2.67. The van der Waals surface area contributed by atoms with Gasteiger partial charge in [-0.2, -0.15) is 0 Å². The van der Waals surface area contributed by atoms with Crippen LogP contribution in [0.1, 0.15) is 23.7 Å². The minimum absolute atomic E-state index is 0.250. The molecule has 0 bridgehead atoms. The minimum atomic E-state index is -0.624. The van der Waals surface area contributed by atoms with Gasteiger partial charge in [0.2, 0.25) is 5.91 Å². The summed E-state index contributed by atoms with van der Waals surface area (Å²) in [5, 5.41) is 2.64. The number of hydrogen-bond donors (Lipinski definition) is 2. The highest BCUT2D eigenvalue weighted by Crippen LogP contribution is 2.31. The van der Waals surface area contributed by atoms with Gasteiger partial charge in [-0.05, 0) is 34.5 Å². The first-order valence-corrected chi connectivity index (χ1v) is 7.13. The van der Waals surface area contributed by atoms with Crippen LogP contribution in [0.2, 0.25) is 0 Å². The Labute approximate surface area is 128 Å². The average Bonchev–Trinajstić information content (AvgIpc) is 2.39. The number of esters is 1. The van der Waals surface area contributed by atoms with Crippen molar-refractivity contribution < 1.29 is 14.3 Å². The van der Waals surface area contributed by atoms with Crippen LogP contribution in [0.3, 0.4) is 0 Å². The predicted octanol–water partition coefficient (Wildman–Crippen LogP) is 2.67. The van der Waals surface area contributed by atoms with E-state index in [9.17, 15) is 9.59 Å². The lowest BCUT2D eigenvalue weighted by molar-refractivity contribution is -0.117. The lowest BCUT2D eigenvalue weighted by Gasteiger charge is -2.15. The molecule has 0 aliphatic carbocycles. The van der Waals surface area contributed by atoms with Gasteiger partial charge >= 0.3 is 5.97 Å². The number of nitrogens with one attached hydrogen (secondary N) is 1. The Kier molecular flexibility index (Phi) is 5.96. The van der Waals surface area contributed by atoms with Crippen molar-refractivity contribution in [3.05, 3.63) is 26.6 Å². The van der Waals surface area contributed by atoms with Gasteiger partial charge < -0.3 is 15.8 Å². The quantitative estimate of drug-likeness (QED) is 0.770. The van der Waals surface area contributed by atoms with E-state index >= 15 is 0 Å². The number of benzene rings is 1. The maximum Gasteiger partial charge on any atom is 0.340 e. The summed E-state index contributed by atoms with van der Waals surface area (Å²) in [6.45, 7) is 1.81. The van der Waals surface area contributed by atoms with E-state index in [4.69, 9.17) is 10.5 Å². The number of halogens is 2. The van der Waals surface area contributed by atoms with Gasteiger partial charge in [-0.15, -0.1) is 0 Å². The highest BCUT2D eigenvalue weighted by Gasteiger charge is 2.20. The summed E-state index contributed by atoms with van der Waals surface area (Å²) >= 11 is 6.58. The summed E-state index contributed by atoms with van der Waals surface area (Å²) < 4.78 is 5.95. The molecule has 1 aromatic rings. The van der Waals surface area contributed by atoms with Gasteiger partial charge in [-0.25, -0.2) is 4.79 Å². The summed E-state index contributed by atoms with van der Waals surface area (Å²) in [7, 11) is 1.28. The molecule has 3 N–H and O–H groups in total. The largest absolute Gasteiger partial charge is 0.465 e. The molecule has 1 atom stereocenters. The van der Waals surface area contributed by atoms with Crippen LogP contribution in [0, 0.1) is 0 Å². The van der Waals surface area contributed by atoms with Crippen molar-refractivity contribution >= 4 is 49.4 Å². The van der Waals surface area contributed by atoms with E-state index in [0.29, 0.717) is 21.1 Å². The minimum Gasteiger partial charge on any atom is -0.465 e. The smallest absolute Gasteiger partial charge is 0.340 e. The van der Waals surface area contributed by atoms with Gasteiger partial charge in [0.15, 0.2) is 0 Å². The van der Waals surface area contributed by atoms with E-state index in [-0.39, 0.29) is 11.5 Å². The maximum absolute atomic E-state index is 11.8. The topological polar surface area (TPSA) is 81.4 Å². The van der Waals surface area contributed by atoms with E-state index in [1.165, 1.54) is 7.11 Å². The SMILES string of the molecule is CC[C@@H](N)C(=O)Nc1c(Br)cc(Br)cc1C(=O)OC. The van der Waals surface area contributed by atoms with Crippen molar-refractivity contribution in [3.8, 4) is 0 Å². The van der Waals surface area contributed by atoms with Crippen LogP contribution >= 0.6 is 31.9 Å². The second-order valence-corrected chi connectivity index (χ2v) is 5.58. The zero-order valence-corrected chi connectivity index (χ0v) is 13.7. The van der Waals surface area contributed by atoms with Gasteiger partial charge in [0, 0.05) is 8.95 Å². The first-order valence-electron chi connectivity index (χ1n) is 5.54. The number of ether oxygens (including phenoxy) is 1. The molecular weight excluding hydrogens is 380 g/mol. The van der Waals surface area contributed by atoms with Crippen LogP contribution in [-0.4, -0.2) is 25.0 Å². The molecule has 0 saturated heterocycles. The number of anilines is 1. The van der Waals surface area contributed by atoms with Gasteiger partial charge in [0.05, 0.1) is 24.4 Å². The average molecular weight is 394 g/mol. The zero-order chi connectivity index (χ0) is 14.6. The number of carbonyl (C=O) groups is 2. The Bertz CT molecular complexity index is 506. The van der Waals surface area contributed by atoms with Crippen molar-refractivity contribution in [2.45, 2.75) is 19.4 Å². The van der Waals surface area contributed by atoms with E-state index < -0.39 is 12.0 Å². The zero-order valence-electron chi connectivity index (χ0n) is 10.5. The number of hydrogen-bond acceptors (Lipinski definition) is 4. The third kappa shape index (κ3) is 4.02. The molecular formula is C12H14Br2N2O3. The molecule has 1 aromatic carbocycles. The lowest BCUT2D eigenvalue weighted by atomic mass is 10.1. The van der Waals surface area contributed by atoms with E-state index in [1.807, 2.05) is 6.92 Å². The van der Waals surface area contributed by atoms with E-state index in [0.717, 1.165) is 0 Å². The molecule has 7 heteroatoms. The molecule has 0 spiro atoms. The second-order valence-electron chi connectivity index (χ2n) is 3.81. The maximum atomic E-state index is 11.8. The summed E-state index contributed by atoms with van der Waals surface area (Å²) in [5.41, 5.74) is 6.25. The van der Waals surface area contributed by atoms with Crippen LogP contribution in [0.15, 0.2) is 21.1 Å². The highest BCUT2D eigenvalue weighted by atomic mass is 79.9. The highest BCUT2D eigenvalue weighted by molar-refractivity contribution is 9.11. The molecule has 19 heavy (non-hydrogen) atoms. The van der Waals surface area contributed by atoms with Crippen LogP contribution in [0.25, 0.3) is 0 Å². The molecule has 0 aliphatic rings. The molecule has 5 nitrogen and oxygen atoms in total. The standard InChI is InChI=1S/C12H14Br2N2O3/c1-3-9(15)11(17)16-10-7(12(18)19-2)4-6(13)5-8(10)14/h4-5,9H,3,15H2,1-2H3,(H,16,17)/t9-/m1/s1. The van der Waals surface area contributed by atoms with E-state index in [2.05, 4.69) is 37.2 Å². The second kappa shape index (κ2) is 7.02. The molecule has 0 heterocycles. The molecule has 104 valence electrons.